The smallest absolute Gasteiger partial charge is 0.453 e. The lowest BCUT2D eigenvalue weighted by Gasteiger charge is -2.26. The van der Waals surface area contributed by atoms with E-state index in [0.717, 1.165) is 16.4 Å². The summed E-state index contributed by atoms with van der Waals surface area (Å²) in [6.07, 6.45) is -4.61. The molecule has 0 spiro atoms. The van der Waals surface area contributed by atoms with E-state index in [9.17, 15) is 18.3 Å². The highest BCUT2D eigenvalue weighted by Gasteiger charge is 2.47. The predicted octanol–water partition coefficient (Wildman–Crippen LogP) is 3.30. The predicted molar refractivity (Wildman–Crippen MR) is 82.2 cm³/mol. The summed E-state index contributed by atoms with van der Waals surface area (Å²) in [7, 11) is 1.41. The summed E-state index contributed by atoms with van der Waals surface area (Å²) in [6, 6.07) is 4.70. The molecular weight excluding hydrogens is 365 g/mol. The van der Waals surface area contributed by atoms with Gasteiger partial charge in [0, 0.05) is 5.41 Å². The van der Waals surface area contributed by atoms with Crippen LogP contribution in [0.5, 0.6) is 11.5 Å². The van der Waals surface area contributed by atoms with Crippen molar-refractivity contribution in [3.05, 3.63) is 40.0 Å². The number of benzene rings is 1. The van der Waals surface area contributed by atoms with Crippen molar-refractivity contribution in [2.24, 2.45) is 0 Å². The Hall–Kier alpha value is -2.01. The van der Waals surface area contributed by atoms with Gasteiger partial charge < -0.3 is 9.84 Å². The monoisotopic (exact) mass is 374 g/mol. The van der Waals surface area contributed by atoms with Gasteiger partial charge in [0.1, 0.15) is 10.4 Å². The highest BCUT2D eigenvalue weighted by molar-refractivity contribution is 8.07. The van der Waals surface area contributed by atoms with Crippen LogP contribution in [0.15, 0.2) is 33.8 Å². The molecule has 4 rings (SSSR count). The molecule has 1 atom stereocenters. The fourth-order valence-electron chi connectivity index (χ4n) is 2.49. The van der Waals surface area contributed by atoms with Crippen LogP contribution >= 0.6 is 23.5 Å². The number of rotatable bonds is 2. The van der Waals surface area contributed by atoms with E-state index in [-0.39, 0.29) is 16.7 Å². The van der Waals surface area contributed by atoms with Crippen molar-refractivity contribution in [3.8, 4) is 11.5 Å². The van der Waals surface area contributed by atoms with Gasteiger partial charge in [-0.2, -0.15) is 13.2 Å². The number of phenolic OH excluding ortho intramolecular Hbond substituents is 1. The molecule has 1 unspecified atom stereocenters. The molecule has 2 aromatic rings. The lowest BCUT2D eigenvalue weighted by molar-refractivity contribution is -0.147. The van der Waals surface area contributed by atoms with E-state index in [0.29, 0.717) is 10.6 Å². The van der Waals surface area contributed by atoms with E-state index in [1.54, 1.807) is 17.5 Å². The van der Waals surface area contributed by atoms with Gasteiger partial charge >= 0.3 is 6.18 Å². The minimum absolute atomic E-state index is 0.0332. The molecular formula is C13H9F3N4O2S2. The summed E-state index contributed by atoms with van der Waals surface area (Å²) in [6.45, 7) is 0. The molecule has 24 heavy (non-hydrogen) atoms. The third kappa shape index (κ3) is 2.22. The summed E-state index contributed by atoms with van der Waals surface area (Å²) < 4.78 is 45.7. The first-order valence-corrected chi connectivity index (χ1v) is 8.38. The van der Waals surface area contributed by atoms with Crippen LogP contribution in [0.4, 0.5) is 13.2 Å². The number of phenols is 1. The van der Waals surface area contributed by atoms with Gasteiger partial charge in [-0.15, -0.1) is 10.2 Å². The van der Waals surface area contributed by atoms with Crippen molar-refractivity contribution in [3.63, 3.8) is 0 Å². The zero-order valence-electron chi connectivity index (χ0n) is 12.0. The average molecular weight is 374 g/mol. The molecule has 0 amide bonds. The number of methoxy groups -OCH3 is 1. The molecule has 1 aromatic carbocycles. The third-order valence-corrected chi connectivity index (χ3v) is 5.70. The van der Waals surface area contributed by atoms with E-state index in [1.807, 2.05) is 0 Å². The van der Waals surface area contributed by atoms with Crippen molar-refractivity contribution in [1.82, 2.24) is 14.9 Å². The number of hydrogen-bond donors (Lipinski definition) is 1. The average Bonchev–Trinajstić information content (AvgIpc) is 3.17. The molecule has 2 aliphatic heterocycles. The molecule has 0 aliphatic carbocycles. The Morgan fingerprint density at radius 2 is 2.08 bits per heavy atom. The Kier molecular flexibility index (Phi) is 3.39. The second-order valence-electron chi connectivity index (χ2n) is 4.94. The van der Waals surface area contributed by atoms with Gasteiger partial charge in [0.15, 0.2) is 11.5 Å². The van der Waals surface area contributed by atoms with Gasteiger partial charge in [0.2, 0.25) is 5.16 Å². The zero-order valence-corrected chi connectivity index (χ0v) is 13.6. The summed E-state index contributed by atoms with van der Waals surface area (Å²) in [5.74, 6) is -0.839. The van der Waals surface area contributed by atoms with Crippen LogP contribution in [-0.2, 0) is 6.18 Å². The molecule has 3 heterocycles. The molecule has 1 aromatic heterocycles. The first kappa shape index (κ1) is 15.5. The normalized spacial score (nSPS) is 19.2. The second-order valence-corrected chi connectivity index (χ2v) is 6.88. The topological polar surface area (TPSA) is 63.4 Å². The van der Waals surface area contributed by atoms with E-state index in [2.05, 4.69) is 10.2 Å². The number of halogens is 3. The Balaban J connectivity index is 1.78. The molecule has 2 aliphatic rings. The molecule has 1 N–H and O–H groups in total. The summed E-state index contributed by atoms with van der Waals surface area (Å²) in [5.41, 5.74) is 0.691. The van der Waals surface area contributed by atoms with Crippen molar-refractivity contribution in [1.29, 1.82) is 0 Å². The van der Waals surface area contributed by atoms with E-state index in [4.69, 9.17) is 4.74 Å². The number of thioether (sulfide) groups is 2. The minimum atomic E-state index is -4.61. The first-order valence-electron chi connectivity index (χ1n) is 6.62. The van der Waals surface area contributed by atoms with Gasteiger partial charge in [0.25, 0.3) is 5.82 Å². The van der Waals surface area contributed by atoms with Crippen molar-refractivity contribution in [2.45, 2.75) is 16.7 Å². The van der Waals surface area contributed by atoms with Crippen LogP contribution in [0.2, 0.25) is 0 Å². The van der Waals surface area contributed by atoms with Crippen molar-refractivity contribution >= 4 is 23.5 Å². The number of aromatic nitrogens is 3. The Morgan fingerprint density at radius 1 is 1.29 bits per heavy atom. The van der Waals surface area contributed by atoms with E-state index < -0.39 is 17.4 Å². The van der Waals surface area contributed by atoms with Crippen LogP contribution in [0.3, 0.4) is 0 Å². The minimum Gasteiger partial charge on any atom is -0.504 e. The molecule has 0 saturated carbocycles. The van der Waals surface area contributed by atoms with Crippen LogP contribution < -0.4 is 9.75 Å². The van der Waals surface area contributed by atoms with E-state index >= 15 is 0 Å². The van der Waals surface area contributed by atoms with Crippen LogP contribution in [0.1, 0.15) is 16.8 Å². The molecule has 0 radical (unpaired) electrons. The van der Waals surface area contributed by atoms with Crippen LogP contribution in [-0.4, -0.2) is 27.1 Å². The van der Waals surface area contributed by atoms with Crippen molar-refractivity contribution in [2.75, 3.05) is 12.1 Å². The highest BCUT2D eigenvalue weighted by atomic mass is 32.2. The second kappa shape index (κ2) is 5.24. The molecule has 0 saturated heterocycles. The van der Waals surface area contributed by atoms with Crippen LogP contribution in [0, 0.1) is 0 Å². The van der Waals surface area contributed by atoms with Gasteiger partial charge in [0.05, 0.1) is 7.11 Å². The standard InChI is InChI=1S/C13H9F3N4O2S2/c1-22-8-4-6(2-3-7(8)21)10-19-9(5-23-10)24-12-18-17-11(20(12)19)13(14,15)16/h2-5,10,21H,1H3. The molecule has 6 nitrogen and oxygen atoms in total. The Bertz CT molecular complexity index is 852. The Labute approximate surface area is 142 Å². The van der Waals surface area contributed by atoms with Gasteiger partial charge in [-0.3, -0.25) is 5.01 Å². The first-order chi connectivity index (χ1) is 11.4. The highest BCUT2D eigenvalue weighted by Crippen LogP contribution is 2.52. The van der Waals surface area contributed by atoms with E-state index in [1.165, 1.54) is 29.9 Å². The lowest BCUT2D eigenvalue weighted by Crippen LogP contribution is -2.33. The summed E-state index contributed by atoms with van der Waals surface area (Å²) >= 11 is 2.49. The maximum atomic E-state index is 13.2. The molecule has 0 bridgehead atoms. The van der Waals surface area contributed by atoms with Gasteiger partial charge in [-0.1, -0.05) is 17.8 Å². The SMILES string of the molecule is COc1cc(C2SC=C3Sc4nnc(C(F)(F)F)n4N32)ccc1O. The van der Waals surface area contributed by atoms with Gasteiger partial charge in [-0.05, 0) is 29.5 Å². The number of hydrogen-bond acceptors (Lipinski definition) is 7. The van der Waals surface area contributed by atoms with Crippen LogP contribution in [0.25, 0.3) is 0 Å². The number of alkyl halides is 3. The number of nitrogens with zero attached hydrogens (tertiary/aromatic N) is 4. The summed E-state index contributed by atoms with van der Waals surface area (Å²) in [4.78, 5) is 0. The summed E-state index contributed by atoms with van der Waals surface area (Å²) in [5, 5.41) is 20.2. The quantitative estimate of drug-likeness (QED) is 0.865. The largest absolute Gasteiger partial charge is 0.504 e. The lowest BCUT2D eigenvalue weighted by atomic mass is 10.2. The number of ether oxygens (including phenoxy) is 1. The third-order valence-electron chi connectivity index (χ3n) is 3.51. The Morgan fingerprint density at radius 3 is 2.79 bits per heavy atom. The van der Waals surface area contributed by atoms with Crippen molar-refractivity contribution < 1.29 is 23.0 Å². The fraction of sp³-hybridized carbons (Fsp3) is 0.231. The number of aromatic hydroxyl groups is 1. The number of fused-ring (bicyclic) bond motifs is 3. The fourth-order valence-corrected chi connectivity index (χ4v) is 4.70. The molecule has 11 heteroatoms. The maximum absolute atomic E-state index is 13.2. The zero-order chi connectivity index (χ0) is 17.1. The maximum Gasteiger partial charge on any atom is 0.453 e. The van der Waals surface area contributed by atoms with Gasteiger partial charge in [-0.25, -0.2) is 4.68 Å². The molecule has 0 fully saturated rings. The molecule has 126 valence electrons.